The topological polar surface area (TPSA) is 92.7 Å². The van der Waals surface area contributed by atoms with Gasteiger partial charge >= 0.3 is 5.97 Å². The number of ether oxygens (including phenoxy) is 1. The molecule has 1 heterocycles. The zero-order valence-corrected chi connectivity index (χ0v) is 25.2. The van der Waals surface area contributed by atoms with Gasteiger partial charge in [0.25, 0.3) is 0 Å². The molecule has 1 aliphatic rings. The first kappa shape index (κ1) is 29.1. The first-order valence-corrected chi connectivity index (χ1v) is 16.8. The Hall–Kier alpha value is -4.02. The Kier molecular flexibility index (Phi) is 8.32. The first-order valence-electron chi connectivity index (χ1n) is 13.5. The molecule has 0 bridgehead atoms. The van der Waals surface area contributed by atoms with Gasteiger partial charge in [-0.25, -0.2) is 8.42 Å². The van der Waals surface area contributed by atoms with Crippen LogP contribution in [-0.4, -0.2) is 31.3 Å². The van der Waals surface area contributed by atoms with E-state index < -0.39 is 26.8 Å². The molecule has 0 aromatic heterocycles. The summed E-state index contributed by atoms with van der Waals surface area (Å²) in [5.74, 6) is -0.0470. The van der Waals surface area contributed by atoms with E-state index in [9.17, 15) is 18.3 Å². The molecule has 2 N–H and O–H groups in total. The molecule has 0 radical (unpaired) electrons. The predicted molar refractivity (Wildman–Crippen MR) is 170 cm³/mol. The lowest BCUT2D eigenvalue weighted by Crippen LogP contribution is -2.43. The second-order valence-corrected chi connectivity index (χ2v) is 13.9. The van der Waals surface area contributed by atoms with Crippen LogP contribution < -0.4 is 9.46 Å². The molecule has 0 saturated heterocycles. The van der Waals surface area contributed by atoms with E-state index in [0.717, 1.165) is 21.6 Å². The highest BCUT2D eigenvalue weighted by atomic mass is 32.2. The van der Waals surface area contributed by atoms with E-state index in [4.69, 9.17) is 4.74 Å². The van der Waals surface area contributed by atoms with Gasteiger partial charge in [-0.3, -0.25) is 4.79 Å². The molecular weight excluding hydrogens is 599 g/mol. The summed E-state index contributed by atoms with van der Waals surface area (Å²) < 4.78 is 34.8. The fraction of sp³-hybridized carbons (Fsp3) is 0.0882. The molecule has 0 saturated carbocycles. The van der Waals surface area contributed by atoms with E-state index in [0.29, 0.717) is 16.4 Å². The Bertz CT molecular complexity index is 1750. The Morgan fingerprint density at radius 3 is 1.81 bits per heavy atom. The molecule has 1 unspecified atom stereocenters. The molecule has 5 aromatic carbocycles. The third-order valence-corrected chi connectivity index (χ3v) is 11.3. The van der Waals surface area contributed by atoms with Gasteiger partial charge in [0.15, 0.2) is 0 Å². The van der Waals surface area contributed by atoms with Crippen molar-refractivity contribution in [2.75, 3.05) is 5.75 Å². The quantitative estimate of drug-likeness (QED) is 0.153. The van der Waals surface area contributed by atoms with Crippen molar-refractivity contribution in [3.8, 4) is 11.5 Å². The molecule has 0 aliphatic carbocycles. The summed E-state index contributed by atoms with van der Waals surface area (Å²) in [6.45, 7) is 0. The van der Waals surface area contributed by atoms with Gasteiger partial charge < -0.3 is 9.84 Å². The number of hydrogen-bond donors (Lipinski definition) is 2. The zero-order chi connectivity index (χ0) is 29.9. The van der Waals surface area contributed by atoms with Crippen molar-refractivity contribution < 1.29 is 23.1 Å². The van der Waals surface area contributed by atoms with E-state index in [2.05, 4.69) is 4.72 Å². The average molecular weight is 626 g/mol. The third kappa shape index (κ3) is 5.94. The first-order chi connectivity index (χ1) is 20.9. The fourth-order valence-corrected chi connectivity index (χ4v) is 9.00. The number of nitrogens with one attached hydrogen (secondary N) is 1. The second-order valence-electron chi connectivity index (χ2n) is 9.86. The Balaban J connectivity index is 1.32. The lowest BCUT2D eigenvalue weighted by atomic mass is 9.84. The molecule has 0 fully saturated rings. The maximum Gasteiger partial charge on any atom is 0.322 e. The van der Waals surface area contributed by atoms with E-state index in [1.807, 2.05) is 115 Å². The van der Waals surface area contributed by atoms with Gasteiger partial charge in [0.2, 0.25) is 10.0 Å². The van der Waals surface area contributed by atoms with Crippen LogP contribution in [0.3, 0.4) is 0 Å². The Labute approximate surface area is 259 Å². The average Bonchev–Trinajstić information content (AvgIpc) is 3.04. The van der Waals surface area contributed by atoms with Crippen LogP contribution in [0, 0.1) is 0 Å². The predicted octanol–water partition coefficient (Wildman–Crippen LogP) is 7.40. The molecule has 6 nitrogen and oxygen atoms in total. The van der Waals surface area contributed by atoms with Gasteiger partial charge in [-0.15, -0.1) is 11.8 Å². The summed E-state index contributed by atoms with van der Waals surface area (Å²) in [6, 6.07) is 40.2. The summed E-state index contributed by atoms with van der Waals surface area (Å²) in [5.41, 5.74) is 2.86. The van der Waals surface area contributed by atoms with Gasteiger partial charge in [-0.2, -0.15) is 4.72 Å². The molecule has 1 atom stereocenters. The number of thioether (sulfide) groups is 1. The minimum absolute atomic E-state index is 0.0292. The lowest BCUT2D eigenvalue weighted by Gasteiger charge is -2.36. The van der Waals surface area contributed by atoms with Gasteiger partial charge in [-0.1, -0.05) is 115 Å². The van der Waals surface area contributed by atoms with Crippen molar-refractivity contribution in [1.82, 2.24) is 4.72 Å². The summed E-state index contributed by atoms with van der Waals surface area (Å²) in [6.07, 6.45) is 0. The van der Waals surface area contributed by atoms with Crippen molar-refractivity contribution in [1.29, 1.82) is 0 Å². The van der Waals surface area contributed by atoms with Crippen molar-refractivity contribution in [3.63, 3.8) is 0 Å². The number of carboxylic acid groups (broad SMARTS) is 1. The van der Waals surface area contributed by atoms with E-state index in [-0.39, 0.29) is 10.6 Å². The fourth-order valence-electron chi connectivity index (χ4n) is 5.06. The van der Waals surface area contributed by atoms with Crippen LogP contribution in [0.4, 0.5) is 0 Å². The standard InChI is InChI=1S/C34H27NO5S3/c36-33(37)28(35-43(38,39)27-20-21-30-32(22-27)42-31-19-11-10-18-29(31)40-30)23-41-34(24-12-4-1-5-13-24,25-14-6-2-7-15-25)26-16-8-3-9-17-26/h1-22,28,35H,23H2,(H,36,37). The van der Waals surface area contributed by atoms with Gasteiger partial charge in [-0.05, 0) is 47.0 Å². The number of aliphatic carboxylic acids is 1. The number of hydrogen-bond acceptors (Lipinski definition) is 6. The van der Waals surface area contributed by atoms with Gasteiger partial charge in [0.1, 0.15) is 17.5 Å². The highest BCUT2D eigenvalue weighted by Crippen LogP contribution is 2.49. The minimum atomic E-state index is -4.19. The SMILES string of the molecule is O=C(O)C(CSC(c1ccccc1)(c1ccccc1)c1ccccc1)NS(=O)(=O)c1ccc2c(c1)Sc1ccccc1O2. The summed E-state index contributed by atoms with van der Waals surface area (Å²) in [4.78, 5) is 14.0. The minimum Gasteiger partial charge on any atom is -0.480 e. The molecule has 0 spiro atoms. The summed E-state index contributed by atoms with van der Waals surface area (Å²) >= 11 is 2.79. The molecule has 5 aromatic rings. The van der Waals surface area contributed by atoms with E-state index in [1.54, 1.807) is 6.07 Å². The van der Waals surface area contributed by atoms with Crippen LogP contribution in [0.25, 0.3) is 0 Å². The van der Waals surface area contributed by atoms with Crippen LogP contribution >= 0.6 is 23.5 Å². The molecular formula is C34H27NO5S3. The number of para-hydroxylation sites is 1. The van der Waals surface area contributed by atoms with Crippen molar-refractivity contribution in [3.05, 3.63) is 150 Å². The second kappa shape index (κ2) is 12.3. The van der Waals surface area contributed by atoms with E-state index in [1.165, 1.54) is 35.7 Å². The normalized spacial score (nSPS) is 13.3. The lowest BCUT2D eigenvalue weighted by molar-refractivity contribution is -0.138. The molecule has 1 aliphatic heterocycles. The summed E-state index contributed by atoms with van der Waals surface area (Å²) in [7, 11) is -4.19. The van der Waals surface area contributed by atoms with Gasteiger partial charge in [0, 0.05) is 5.75 Å². The number of fused-ring (bicyclic) bond motifs is 2. The summed E-state index contributed by atoms with van der Waals surface area (Å²) in [5, 5.41) is 10.2. The maximum atomic E-state index is 13.6. The number of benzene rings is 5. The third-order valence-electron chi connectivity index (χ3n) is 7.12. The smallest absolute Gasteiger partial charge is 0.322 e. The highest BCUT2D eigenvalue weighted by Gasteiger charge is 2.39. The largest absolute Gasteiger partial charge is 0.480 e. The zero-order valence-electron chi connectivity index (χ0n) is 22.8. The monoisotopic (exact) mass is 625 g/mol. The molecule has 6 rings (SSSR count). The van der Waals surface area contributed by atoms with Crippen LogP contribution in [0.15, 0.2) is 148 Å². The number of sulfonamides is 1. The maximum absolute atomic E-state index is 13.6. The Morgan fingerprint density at radius 2 is 1.26 bits per heavy atom. The molecule has 0 amide bonds. The van der Waals surface area contributed by atoms with Crippen molar-refractivity contribution >= 4 is 39.5 Å². The Morgan fingerprint density at radius 1 is 0.744 bits per heavy atom. The van der Waals surface area contributed by atoms with Crippen LogP contribution in [-0.2, 0) is 19.6 Å². The molecule has 9 heteroatoms. The number of carboxylic acids is 1. The van der Waals surface area contributed by atoms with Crippen molar-refractivity contribution in [2.24, 2.45) is 0 Å². The highest BCUT2D eigenvalue weighted by molar-refractivity contribution is 8.00. The van der Waals surface area contributed by atoms with Gasteiger partial charge in [0.05, 0.1) is 19.4 Å². The number of carbonyl (C=O) groups is 1. The molecule has 43 heavy (non-hydrogen) atoms. The van der Waals surface area contributed by atoms with E-state index >= 15 is 0 Å². The van der Waals surface area contributed by atoms with Crippen LogP contribution in [0.1, 0.15) is 16.7 Å². The van der Waals surface area contributed by atoms with Crippen molar-refractivity contribution in [2.45, 2.75) is 25.5 Å². The molecule has 216 valence electrons. The van der Waals surface area contributed by atoms with Crippen LogP contribution in [0.5, 0.6) is 11.5 Å². The van der Waals surface area contributed by atoms with Crippen LogP contribution in [0.2, 0.25) is 0 Å². The number of rotatable bonds is 10.